The molecule has 1 heterocycles. The van der Waals surface area contributed by atoms with Crippen molar-refractivity contribution in [1.29, 1.82) is 0 Å². The summed E-state index contributed by atoms with van der Waals surface area (Å²) in [6, 6.07) is 9.44. The molecule has 2 rings (SSSR count). The number of hydrogen-bond acceptors (Lipinski definition) is 4. The van der Waals surface area contributed by atoms with Crippen LogP contribution in [0.2, 0.25) is 0 Å². The zero-order valence-electron chi connectivity index (χ0n) is 11.7. The van der Waals surface area contributed by atoms with Gasteiger partial charge in [-0.05, 0) is 24.3 Å². The molecule has 1 fully saturated rings. The summed E-state index contributed by atoms with van der Waals surface area (Å²) in [7, 11) is 0. The largest absolute Gasteiger partial charge is 0.480 e. The van der Waals surface area contributed by atoms with E-state index in [0.29, 0.717) is 18.2 Å². The highest BCUT2D eigenvalue weighted by atomic mass is 32.2. The Hall–Kier alpha value is -1.04. The van der Waals surface area contributed by atoms with E-state index in [2.05, 4.69) is 5.32 Å². The summed E-state index contributed by atoms with van der Waals surface area (Å²) in [5.41, 5.74) is -0.173. The molecule has 1 aromatic rings. The Morgan fingerprint density at radius 1 is 1.45 bits per heavy atom. The predicted octanol–water partition coefficient (Wildman–Crippen LogP) is 2.10. The van der Waals surface area contributed by atoms with Gasteiger partial charge in [0.25, 0.3) is 0 Å². The minimum absolute atomic E-state index is 0.527. The second-order valence-corrected chi connectivity index (χ2v) is 6.30. The highest BCUT2D eigenvalue weighted by Gasteiger charge is 2.39. The molecule has 0 spiro atoms. The van der Waals surface area contributed by atoms with Crippen molar-refractivity contribution in [1.82, 2.24) is 5.32 Å². The molecule has 0 amide bonds. The summed E-state index contributed by atoms with van der Waals surface area (Å²) in [4.78, 5) is 11.9. The Balaban J connectivity index is 2.11. The van der Waals surface area contributed by atoms with Crippen LogP contribution in [0, 0.1) is 0 Å². The third kappa shape index (κ3) is 3.34. The van der Waals surface area contributed by atoms with Crippen LogP contribution in [-0.2, 0) is 15.1 Å². The van der Waals surface area contributed by atoms with Crippen LogP contribution in [0.3, 0.4) is 0 Å². The molecule has 1 atom stereocenters. The molecule has 1 unspecified atom stereocenters. The maximum atomic E-state index is 11.9. The maximum Gasteiger partial charge on any atom is 0.328 e. The van der Waals surface area contributed by atoms with Crippen molar-refractivity contribution in [2.24, 2.45) is 0 Å². The van der Waals surface area contributed by atoms with Crippen molar-refractivity contribution in [3.8, 4) is 0 Å². The Kier molecular flexibility index (Phi) is 5.46. The molecule has 0 saturated carbocycles. The first-order valence-electron chi connectivity index (χ1n) is 6.92. The SMILES string of the molecule is CCNC(CCSC1COC1)(C(=O)O)c1ccccc1. The second kappa shape index (κ2) is 7.11. The van der Waals surface area contributed by atoms with Crippen LogP contribution in [0.15, 0.2) is 30.3 Å². The number of rotatable bonds is 8. The predicted molar refractivity (Wildman–Crippen MR) is 81.1 cm³/mol. The molecular weight excluding hydrogens is 274 g/mol. The maximum absolute atomic E-state index is 11.9. The minimum Gasteiger partial charge on any atom is -0.480 e. The number of ether oxygens (including phenoxy) is 1. The molecule has 1 aromatic carbocycles. The normalized spacial score (nSPS) is 18.2. The smallest absolute Gasteiger partial charge is 0.328 e. The molecule has 5 heteroatoms. The number of carboxylic acids is 1. The summed E-state index contributed by atoms with van der Waals surface area (Å²) in [6.45, 7) is 4.14. The highest BCUT2D eigenvalue weighted by molar-refractivity contribution is 8.00. The van der Waals surface area contributed by atoms with E-state index in [1.807, 2.05) is 37.3 Å². The fourth-order valence-electron chi connectivity index (χ4n) is 2.35. The van der Waals surface area contributed by atoms with Crippen LogP contribution < -0.4 is 5.32 Å². The van der Waals surface area contributed by atoms with Crippen molar-refractivity contribution in [2.75, 3.05) is 25.5 Å². The van der Waals surface area contributed by atoms with Gasteiger partial charge >= 0.3 is 5.97 Å². The van der Waals surface area contributed by atoms with Gasteiger partial charge in [-0.15, -0.1) is 0 Å². The number of aliphatic carboxylic acids is 1. The number of benzene rings is 1. The first-order valence-corrected chi connectivity index (χ1v) is 7.97. The van der Waals surface area contributed by atoms with Gasteiger partial charge in [-0.2, -0.15) is 11.8 Å². The molecule has 1 saturated heterocycles. The fourth-order valence-corrected chi connectivity index (χ4v) is 3.50. The number of carboxylic acid groups (broad SMARTS) is 1. The number of thioether (sulfide) groups is 1. The van der Waals surface area contributed by atoms with Gasteiger partial charge in [0.1, 0.15) is 5.54 Å². The summed E-state index contributed by atoms with van der Waals surface area (Å²) >= 11 is 1.80. The lowest BCUT2D eigenvalue weighted by Crippen LogP contribution is -2.49. The first-order chi connectivity index (χ1) is 9.69. The summed E-state index contributed by atoms with van der Waals surface area (Å²) in [5.74, 6) is -0.00149. The summed E-state index contributed by atoms with van der Waals surface area (Å²) < 4.78 is 5.14. The van der Waals surface area contributed by atoms with E-state index in [0.717, 1.165) is 24.5 Å². The van der Waals surface area contributed by atoms with Gasteiger partial charge in [-0.25, -0.2) is 4.79 Å². The lowest BCUT2D eigenvalue weighted by atomic mass is 9.87. The van der Waals surface area contributed by atoms with Crippen molar-refractivity contribution >= 4 is 17.7 Å². The van der Waals surface area contributed by atoms with Gasteiger partial charge in [-0.3, -0.25) is 5.32 Å². The average molecular weight is 295 g/mol. The Labute approximate surface area is 123 Å². The topological polar surface area (TPSA) is 58.6 Å². The van der Waals surface area contributed by atoms with Crippen molar-refractivity contribution < 1.29 is 14.6 Å². The molecule has 20 heavy (non-hydrogen) atoms. The first kappa shape index (κ1) is 15.4. The fraction of sp³-hybridized carbons (Fsp3) is 0.533. The number of likely N-dealkylation sites (N-methyl/N-ethyl adjacent to an activating group) is 1. The molecule has 0 radical (unpaired) electrons. The average Bonchev–Trinajstić information content (AvgIpc) is 2.41. The van der Waals surface area contributed by atoms with Gasteiger partial charge in [-0.1, -0.05) is 37.3 Å². The van der Waals surface area contributed by atoms with Gasteiger partial charge < -0.3 is 9.84 Å². The molecule has 110 valence electrons. The van der Waals surface area contributed by atoms with E-state index in [1.54, 1.807) is 11.8 Å². The van der Waals surface area contributed by atoms with Crippen LogP contribution in [0.25, 0.3) is 0 Å². The van der Waals surface area contributed by atoms with Gasteiger partial charge in [0.15, 0.2) is 0 Å². The van der Waals surface area contributed by atoms with Crippen LogP contribution in [0.5, 0.6) is 0 Å². The number of hydrogen-bond donors (Lipinski definition) is 2. The van der Waals surface area contributed by atoms with E-state index in [9.17, 15) is 9.90 Å². The van der Waals surface area contributed by atoms with Gasteiger partial charge in [0.2, 0.25) is 0 Å². The standard InChI is InChI=1S/C15H21NO3S/c1-2-16-15(14(17)18,12-6-4-3-5-7-12)8-9-20-13-10-19-11-13/h3-7,13,16H,2,8-11H2,1H3,(H,17,18). The molecule has 0 aromatic heterocycles. The van der Waals surface area contributed by atoms with Crippen molar-refractivity contribution in [3.63, 3.8) is 0 Å². The second-order valence-electron chi connectivity index (χ2n) is 4.89. The third-order valence-electron chi connectivity index (χ3n) is 3.55. The van der Waals surface area contributed by atoms with Crippen LogP contribution in [0.4, 0.5) is 0 Å². The molecular formula is C15H21NO3S. The lowest BCUT2D eigenvalue weighted by molar-refractivity contribution is -0.145. The number of carbonyl (C=O) groups is 1. The zero-order valence-corrected chi connectivity index (χ0v) is 12.5. The molecule has 4 nitrogen and oxygen atoms in total. The summed E-state index contributed by atoms with van der Waals surface area (Å²) in [6.07, 6.45) is 0.571. The van der Waals surface area contributed by atoms with E-state index in [1.165, 1.54) is 0 Å². The lowest BCUT2D eigenvalue weighted by Gasteiger charge is -2.32. The Morgan fingerprint density at radius 3 is 2.65 bits per heavy atom. The van der Waals surface area contributed by atoms with Crippen LogP contribution in [-0.4, -0.2) is 41.8 Å². The minimum atomic E-state index is -0.992. The van der Waals surface area contributed by atoms with Gasteiger partial charge in [0.05, 0.1) is 18.5 Å². The van der Waals surface area contributed by atoms with E-state index in [-0.39, 0.29) is 0 Å². The summed E-state index contributed by atoms with van der Waals surface area (Å²) in [5, 5.41) is 13.5. The zero-order chi connectivity index (χ0) is 14.4. The number of nitrogens with one attached hydrogen (secondary N) is 1. The van der Waals surface area contributed by atoms with E-state index >= 15 is 0 Å². The quantitative estimate of drug-likeness (QED) is 0.769. The molecule has 2 N–H and O–H groups in total. The third-order valence-corrected chi connectivity index (χ3v) is 4.73. The van der Waals surface area contributed by atoms with E-state index < -0.39 is 11.5 Å². The Bertz CT molecular complexity index is 436. The van der Waals surface area contributed by atoms with Crippen LogP contribution in [0.1, 0.15) is 18.9 Å². The van der Waals surface area contributed by atoms with E-state index in [4.69, 9.17) is 4.74 Å². The molecule has 0 aliphatic carbocycles. The van der Waals surface area contributed by atoms with Gasteiger partial charge in [0, 0.05) is 0 Å². The molecule has 0 bridgehead atoms. The van der Waals surface area contributed by atoms with Crippen molar-refractivity contribution in [2.45, 2.75) is 24.1 Å². The monoisotopic (exact) mass is 295 g/mol. The molecule has 1 aliphatic rings. The van der Waals surface area contributed by atoms with Crippen molar-refractivity contribution in [3.05, 3.63) is 35.9 Å². The highest BCUT2D eigenvalue weighted by Crippen LogP contribution is 2.29. The Morgan fingerprint density at radius 2 is 2.15 bits per heavy atom. The van der Waals surface area contributed by atoms with Crippen LogP contribution >= 0.6 is 11.8 Å². The molecule has 1 aliphatic heterocycles.